The molecule has 4 nitrogen and oxygen atoms in total. The van der Waals surface area contributed by atoms with Gasteiger partial charge in [-0.25, -0.2) is 9.37 Å². The van der Waals surface area contributed by atoms with E-state index in [1.165, 1.54) is 17.7 Å². The van der Waals surface area contributed by atoms with Crippen molar-refractivity contribution in [3.05, 3.63) is 82.8 Å². The molecule has 2 heterocycles. The van der Waals surface area contributed by atoms with E-state index in [0.717, 1.165) is 29.4 Å². The van der Waals surface area contributed by atoms with Gasteiger partial charge in [0.1, 0.15) is 5.82 Å². The summed E-state index contributed by atoms with van der Waals surface area (Å²) in [6.45, 7) is 4.19. The third-order valence-corrected chi connectivity index (χ3v) is 4.43. The third kappa shape index (κ3) is 4.14. The van der Waals surface area contributed by atoms with Crippen molar-refractivity contribution in [2.24, 2.45) is 0 Å². The zero-order valence-electron chi connectivity index (χ0n) is 15.8. The van der Waals surface area contributed by atoms with Gasteiger partial charge in [0.25, 0.3) is 11.8 Å². The quantitative estimate of drug-likeness (QED) is 0.660. The van der Waals surface area contributed by atoms with Crippen LogP contribution >= 0.6 is 0 Å². The Hall–Kier alpha value is -3.34. The number of pyridine rings is 1. The molecular formula is C23H21FN2O2. The summed E-state index contributed by atoms with van der Waals surface area (Å²) in [5.41, 5.74) is 3.81. The van der Waals surface area contributed by atoms with E-state index < -0.39 is 0 Å². The number of nitrogens with zero attached hydrogens (tertiary/aromatic N) is 1. The highest BCUT2D eigenvalue weighted by Crippen LogP contribution is 2.19. The van der Waals surface area contributed by atoms with E-state index in [9.17, 15) is 14.0 Å². The van der Waals surface area contributed by atoms with E-state index in [1.54, 1.807) is 30.3 Å². The van der Waals surface area contributed by atoms with Gasteiger partial charge in [0.2, 0.25) is 0 Å². The number of carbonyl (C=O) groups is 2. The molecule has 2 amide bonds. The molecule has 0 fully saturated rings. The number of imide groups is 1. The molecule has 0 bridgehead atoms. The minimum absolute atomic E-state index is 0.236. The highest BCUT2D eigenvalue weighted by Gasteiger charge is 2.25. The van der Waals surface area contributed by atoms with E-state index in [-0.39, 0.29) is 17.6 Å². The second kappa shape index (κ2) is 8.57. The third-order valence-electron chi connectivity index (χ3n) is 4.43. The van der Waals surface area contributed by atoms with Crippen LogP contribution in [0, 0.1) is 5.82 Å². The van der Waals surface area contributed by atoms with Crippen LogP contribution in [0.15, 0.2) is 54.6 Å². The molecule has 1 N–H and O–H groups in total. The number of benzene rings is 2. The summed E-state index contributed by atoms with van der Waals surface area (Å²) < 4.78 is 13.1. The van der Waals surface area contributed by atoms with Gasteiger partial charge >= 0.3 is 0 Å². The number of rotatable bonds is 3. The fraction of sp³-hybridized carbons (Fsp3) is 0.174. The molecule has 0 aliphatic carbocycles. The number of fused-ring (bicyclic) bond motifs is 2. The van der Waals surface area contributed by atoms with Gasteiger partial charge in [-0.2, -0.15) is 0 Å². The lowest BCUT2D eigenvalue weighted by molar-refractivity contribution is 0.0879. The van der Waals surface area contributed by atoms with Crippen LogP contribution in [0.1, 0.15) is 52.2 Å². The van der Waals surface area contributed by atoms with Crippen molar-refractivity contribution in [2.45, 2.75) is 26.7 Å². The Morgan fingerprint density at radius 2 is 1.68 bits per heavy atom. The van der Waals surface area contributed by atoms with E-state index >= 15 is 0 Å². The highest BCUT2D eigenvalue weighted by atomic mass is 19.1. The van der Waals surface area contributed by atoms with E-state index in [1.807, 2.05) is 6.08 Å². The van der Waals surface area contributed by atoms with Crippen molar-refractivity contribution < 1.29 is 14.0 Å². The molecule has 3 aromatic rings. The molecule has 0 spiro atoms. The SMILES string of the molecule is CC/C=C/c1nc2cc(F)ccc2cc1CC.O=C1NC(=O)c2ccccc21. The lowest BCUT2D eigenvalue weighted by Crippen LogP contribution is -2.19. The average Bonchev–Trinajstić information content (AvgIpc) is 3.00. The number of nitrogens with one attached hydrogen (secondary N) is 1. The summed E-state index contributed by atoms with van der Waals surface area (Å²) in [6, 6.07) is 13.6. The van der Waals surface area contributed by atoms with Gasteiger partial charge in [0.15, 0.2) is 0 Å². The first-order chi connectivity index (χ1) is 13.5. The smallest absolute Gasteiger partial charge is 0.258 e. The van der Waals surface area contributed by atoms with Gasteiger partial charge in [-0.05, 0) is 54.8 Å². The molecule has 28 heavy (non-hydrogen) atoms. The summed E-state index contributed by atoms with van der Waals surface area (Å²) in [6.07, 6.45) is 6.01. The number of allylic oxidation sites excluding steroid dienone is 1. The number of amides is 2. The number of aryl methyl sites for hydroxylation is 1. The Balaban J connectivity index is 0.000000176. The number of carbonyl (C=O) groups excluding carboxylic acids is 2. The van der Waals surface area contributed by atoms with Gasteiger partial charge in [-0.1, -0.05) is 32.1 Å². The fourth-order valence-corrected chi connectivity index (χ4v) is 2.97. The van der Waals surface area contributed by atoms with Gasteiger partial charge in [0.05, 0.1) is 22.3 Å². The monoisotopic (exact) mass is 376 g/mol. The molecule has 0 unspecified atom stereocenters. The predicted molar refractivity (Wildman–Crippen MR) is 109 cm³/mol. The summed E-state index contributed by atoms with van der Waals surface area (Å²) in [5, 5.41) is 3.20. The predicted octanol–water partition coefficient (Wildman–Crippen LogP) is 4.93. The Bertz CT molecular complexity index is 1040. The van der Waals surface area contributed by atoms with E-state index in [0.29, 0.717) is 11.1 Å². The molecule has 0 saturated heterocycles. The lowest BCUT2D eigenvalue weighted by Gasteiger charge is -2.06. The molecule has 0 atom stereocenters. The number of halogens is 1. The summed E-state index contributed by atoms with van der Waals surface area (Å²) in [5.74, 6) is -0.837. The molecule has 1 aromatic heterocycles. The van der Waals surface area contributed by atoms with Crippen LogP contribution in [-0.4, -0.2) is 16.8 Å². The molecule has 5 heteroatoms. The Labute approximate surface area is 163 Å². The Morgan fingerprint density at radius 3 is 2.29 bits per heavy atom. The molecular weight excluding hydrogens is 355 g/mol. The van der Waals surface area contributed by atoms with Crippen molar-refractivity contribution in [1.82, 2.24) is 10.3 Å². The van der Waals surface area contributed by atoms with Crippen LogP contribution in [0.25, 0.3) is 17.0 Å². The van der Waals surface area contributed by atoms with Crippen molar-refractivity contribution >= 4 is 28.8 Å². The normalized spacial score (nSPS) is 12.7. The maximum absolute atomic E-state index is 13.1. The lowest BCUT2D eigenvalue weighted by atomic mass is 10.1. The average molecular weight is 376 g/mol. The minimum Gasteiger partial charge on any atom is -0.288 e. The molecule has 1 aliphatic heterocycles. The minimum atomic E-state index is -0.300. The molecule has 4 rings (SSSR count). The van der Waals surface area contributed by atoms with Gasteiger partial charge in [-0.15, -0.1) is 0 Å². The molecule has 0 saturated carbocycles. The van der Waals surface area contributed by atoms with Gasteiger partial charge in [0, 0.05) is 11.5 Å². The number of hydrogen-bond donors (Lipinski definition) is 1. The number of aromatic nitrogens is 1. The van der Waals surface area contributed by atoms with Gasteiger partial charge in [-0.3, -0.25) is 14.9 Å². The maximum Gasteiger partial charge on any atom is 0.258 e. The van der Waals surface area contributed by atoms with Crippen LogP contribution in [0.3, 0.4) is 0 Å². The van der Waals surface area contributed by atoms with Crippen LogP contribution in [0.5, 0.6) is 0 Å². The van der Waals surface area contributed by atoms with Gasteiger partial charge < -0.3 is 0 Å². The second-order valence-corrected chi connectivity index (χ2v) is 6.36. The molecule has 2 aromatic carbocycles. The first kappa shape index (κ1) is 19.4. The van der Waals surface area contributed by atoms with Crippen LogP contribution in [-0.2, 0) is 6.42 Å². The summed E-state index contributed by atoms with van der Waals surface area (Å²) in [4.78, 5) is 26.4. The van der Waals surface area contributed by atoms with Crippen LogP contribution in [0.2, 0.25) is 0 Å². The Morgan fingerprint density at radius 1 is 1.00 bits per heavy atom. The molecule has 142 valence electrons. The topological polar surface area (TPSA) is 59.1 Å². The maximum atomic E-state index is 13.1. The van der Waals surface area contributed by atoms with Crippen molar-refractivity contribution in [3.63, 3.8) is 0 Å². The zero-order chi connectivity index (χ0) is 20.1. The molecule has 1 aliphatic rings. The summed E-state index contributed by atoms with van der Waals surface area (Å²) in [7, 11) is 0. The van der Waals surface area contributed by atoms with Crippen molar-refractivity contribution in [3.8, 4) is 0 Å². The van der Waals surface area contributed by atoms with Crippen molar-refractivity contribution in [1.29, 1.82) is 0 Å². The summed E-state index contributed by atoms with van der Waals surface area (Å²) >= 11 is 0. The first-order valence-corrected chi connectivity index (χ1v) is 9.24. The van der Waals surface area contributed by atoms with Crippen LogP contribution < -0.4 is 5.32 Å². The Kier molecular flexibility index (Phi) is 5.94. The van der Waals surface area contributed by atoms with E-state index in [2.05, 4.69) is 36.3 Å². The zero-order valence-corrected chi connectivity index (χ0v) is 15.8. The largest absolute Gasteiger partial charge is 0.288 e. The molecule has 0 radical (unpaired) electrons. The second-order valence-electron chi connectivity index (χ2n) is 6.36. The standard InChI is InChI=1S/C15H16FN.C8H5NO2/c1-3-5-6-14-11(4-2)9-12-7-8-13(16)10-15(12)17-14;10-7-5-3-1-2-4-6(5)8(11)9-7/h5-10H,3-4H2,1-2H3;1-4H,(H,9,10,11)/b6-5+;. The van der Waals surface area contributed by atoms with Crippen molar-refractivity contribution in [2.75, 3.05) is 0 Å². The first-order valence-electron chi connectivity index (χ1n) is 9.24. The number of hydrogen-bond acceptors (Lipinski definition) is 3. The van der Waals surface area contributed by atoms with E-state index in [4.69, 9.17) is 0 Å². The van der Waals surface area contributed by atoms with Crippen LogP contribution in [0.4, 0.5) is 4.39 Å². The highest BCUT2D eigenvalue weighted by molar-refractivity contribution is 6.21. The fourth-order valence-electron chi connectivity index (χ4n) is 2.97.